The van der Waals surface area contributed by atoms with Gasteiger partial charge in [0.1, 0.15) is 11.7 Å². The van der Waals surface area contributed by atoms with Crippen LogP contribution in [0.4, 0.5) is 4.79 Å². The average molecular weight is 495 g/mol. The van der Waals surface area contributed by atoms with E-state index in [1.165, 1.54) is 10.8 Å². The van der Waals surface area contributed by atoms with Crippen LogP contribution in [-0.2, 0) is 20.8 Å². The van der Waals surface area contributed by atoms with E-state index in [-0.39, 0.29) is 18.8 Å². The summed E-state index contributed by atoms with van der Waals surface area (Å²) in [7, 11) is 0. The SMILES string of the molecule is CC(C)(C)OC(=O)NCC1OC(C)(C)OC1CCn1cc(I)c(=O)[nH]c1=O. The summed E-state index contributed by atoms with van der Waals surface area (Å²) >= 11 is 1.87. The van der Waals surface area contributed by atoms with Crippen molar-refractivity contribution in [2.24, 2.45) is 0 Å². The molecule has 1 aromatic heterocycles. The molecule has 0 saturated carbocycles. The Labute approximate surface area is 170 Å². The largest absolute Gasteiger partial charge is 0.444 e. The number of H-pyrrole nitrogens is 1. The van der Waals surface area contributed by atoms with Gasteiger partial charge in [-0.3, -0.25) is 14.3 Å². The normalized spacial score (nSPS) is 21.9. The van der Waals surface area contributed by atoms with Crippen molar-refractivity contribution in [1.29, 1.82) is 0 Å². The third-order valence-electron chi connectivity index (χ3n) is 3.75. The van der Waals surface area contributed by atoms with Crippen molar-refractivity contribution in [3.63, 3.8) is 0 Å². The van der Waals surface area contributed by atoms with Crippen LogP contribution in [0.3, 0.4) is 0 Å². The zero-order chi connectivity index (χ0) is 20.4. The smallest absolute Gasteiger partial charge is 0.407 e. The van der Waals surface area contributed by atoms with Gasteiger partial charge in [-0.1, -0.05) is 0 Å². The van der Waals surface area contributed by atoms with E-state index < -0.39 is 28.7 Å². The second kappa shape index (κ2) is 8.31. The van der Waals surface area contributed by atoms with Crippen molar-refractivity contribution >= 4 is 28.7 Å². The maximum absolute atomic E-state index is 11.9. The van der Waals surface area contributed by atoms with Crippen LogP contribution in [0.15, 0.2) is 15.8 Å². The fourth-order valence-electron chi connectivity index (χ4n) is 2.74. The molecular formula is C17H26IN3O6. The van der Waals surface area contributed by atoms with Gasteiger partial charge < -0.3 is 19.5 Å². The van der Waals surface area contributed by atoms with Gasteiger partial charge in [0.15, 0.2) is 5.79 Å². The van der Waals surface area contributed by atoms with Gasteiger partial charge in [-0.05, 0) is 63.6 Å². The molecule has 2 heterocycles. The van der Waals surface area contributed by atoms with E-state index in [1.807, 2.05) is 22.6 Å². The minimum absolute atomic E-state index is 0.223. The number of aromatic nitrogens is 2. The summed E-state index contributed by atoms with van der Waals surface area (Å²) in [6.45, 7) is 9.52. The van der Waals surface area contributed by atoms with Crippen molar-refractivity contribution in [1.82, 2.24) is 14.9 Å². The van der Waals surface area contributed by atoms with Gasteiger partial charge in [-0.2, -0.15) is 0 Å². The molecule has 1 amide bonds. The lowest BCUT2D eigenvalue weighted by molar-refractivity contribution is -0.146. The van der Waals surface area contributed by atoms with Crippen molar-refractivity contribution in [2.75, 3.05) is 6.54 Å². The number of carbonyl (C=O) groups excluding carboxylic acids is 1. The Morgan fingerprint density at radius 3 is 2.59 bits per heavy atom. The van der Waals surface area contributed by atoms with E-state index in [4.69, 9.17) is 14.2 Å². The Hall–Kier alpha value is -1.40. The van der Waals surface area contributed by atoms with Gasteiger partial charge in [0.05, 0.1) is 9.67 Å². The Kier molecular flexibility index (Phi) is 6.74. The molecule has 0 bridgehead atoms. The molecule has 1 fully saturated rings. The number of aryl methyl sites for hydroxylation is 1. The highest BCUT2D eigenvalue weighted by Crippen LogP contribution is 2.30. The number of amides is 1. The summed E-state index contributed by atoms with van der Waals surface area (Å²) in [6.07, 6.45) is 0.750. The number of carbonyl (C=O) groups is 1. The first-order chi connectivity index (χ1) is 12.4. The first-order valence-electron chi connectivity index (χ1n) is 8.68. The second-order valence-electron chi connectivity index (χ2n) is 7.81. The second-order valence-corrected chi connectivity index (χ2v) is 8.98. The summed E-state index contributed by atoms with van der Waals surface area (Å²) in [5.41, 5.74) is -1.46. The number of halogens is 1. The van der Waals surface area contributed by atoms with Gasteiger partial charge in [-0.25, -0.2) is 9.59 Å². The fraction of sp³-hybridized carbons (Fsp3) is 0.706. The molecule has 9 nitrogen and oxygen atoms in total. The first kappa shape index (κ1) is 21.9. The topological polar surface area (TPSA) is 112 Å². The van der Waals surface area contributed by atoms with Crippen LogP contribution in [0.25, 0.3) is 0 Å². The first-order valence-corrected chi connectivity index (χ1v) is 9.76. The van der Waals surface area contributed by atoms with Gasteiger partial charge in [-0.15, -0.1) is 0 Å². The van der Waals surface area contributed by atoms with E-state index in [9.17, 15) is 14.4 Å². The van der Waals surface area contributed by atoms with Crippen molar-refractivity contribution in [3.8, 4) is 0 Å². The Morgan fingerprint density at radius 1 is 1.33 bits per heavy atom. The minimum Gasteiger partial charge on any atom is -0.444 e. The zero-order valence-corrected chi connectivity index (χ0v) is 18.3. The van der Waals surface area contributed by atoms with Crippen molar-refractivity contribution < 1.29 is 19.0 Å². The monoisotopic (exact) mass is 495 g/mol. The molecule has 27 heavy (non-hydrogen) atoms. The molecule has 1 aliphatic rings. The van der Waals surface area contributed by atoms with E-state index in [0.717, 1.165) is 0 Å². The molecule has 1 aliphatic heterocycles. The molecule has 1 aromatic rings. The lowest BCUT2D eigenvalue weighted by Gasteiger charge is -2.22. The molecule has 2 atom stereocenters. The summed E-state index contributed by atoms with van der Waals surface area (Å²) < 4.78 is 18.9. The molecule has 0 aromatic carbocycles. The number of nitrogens with one attached hydrogen (secondary N) is 2. The number of aromatic amines is 1. The number of ether oxygens (including phenoxy) is 3. The molecule has 2 unspecified atom stereocenters. The third-order valence-corrected chi connectivity index (χ3v) is 4.52. The Bertz CT molecular complexity index is 795. The fourth-order valence-corrected chi connectivity index (χ4v) is 3.21. The number of hydrogen-bond donors (Lipinski definition) is 2. The van der Waals surface area contributed by atoms with Crippen LogP contribution in [0.5, 0.6) is 0 Å². The van der Waals surface area contributed by atoms with E-state index in [2.05, 4.69) is 10.3 Å². The van der Waals surface area contributed by atoms with Gasteiger partial charge in [0, 0.05) is 19.3 Å². The molecular weight excluding hydrogens is 469 g/mol. The standard InChI is InChI=1S/C17H26IN3O6/c1-16(2,3)27-15(24)19-8-12-11(25-17(4,5)26-12)6-7-21-9-10(18)13(22)20-14(21)23/h9,11-12H,6-8H2,1-5H3,(H,19,24)(H,20,22,23). The van der Waals surface area contributed by atoms with Crippen LogP contribution < -0.4 is 16.6 Å². The number of nitrogens with zero attached hydrogens (tertiary/aromatic N) is 1. The third kappa shape index (κ3) is 6.61. The number of alkyl carbamates (subject to hydrolysis) is 1. The van der Waals surface area contributed by atoms with E-state index >= 15 is 0 Å². The number of rotatable bonds is 5. The predicted octanol–water partition coefficient (Wildman–Crippen LogP) is 1.58. The summed E-state index contributed by atoms with van der Waals surface area (Å²) in [6, 6.07) is 0. The molecule has 2 N–H and O–H groups in total. The van der Waals surface area contributed by atoms with Gasteiger partial charge >= 0.3 is 11.8 Å². The van der Waals surface area contributed by atoms with Crippen LogP contribution in [0, 0.1) is 3.57 Å². The highest BCUT2D eigenvalue weighted by molar-refractivity contribution is 14.1. The molecule has 2 rings (SSSR count). The lowest BCUT2D eigenvalue weighted by atomic mass is 10.1. The lowest BCUT2D eigenvalue weighted by Crippen LogP contribution is -2.41. The Morgan fingerprint density at radius 2 is 1.96 bits per heavy atom. The van der Waals surface area contributed by atoms with E-state index in [0.29, 0.717) is 16.5 Å². The van der Waals surface area contributed by atoms with Gasteiger partial charge in [0.25, 0.3) is 5.56 Å². The quantitative estimate of drug-likeness (QED) is 0.601. The summed E-state index contributed by atoms with van der Waals surface area (Å²) in [5.74, 6) is -0.796. The van der Waals surface area contributed by atoms with E-state index in [1.54, 1.807) is 34.6 Å². The molecule has 0 aliphatic carbocycles. The summed E-state index contributed by atoms with van der Waals surface area (Å²) in [4.78, 5) is 37.5. The molecule has 10 heteroatoms. The maximum atomic E-state index is 11.9. The highest BCUT2D eigenvalue weighted by atomic mass is 127. The van der Waals surface area contributed by atoms with Crippen molar-refractivity contribution in [3.05, 3.63) is 30.6 Å². The van der Waals surface area contributed by atoms with Crippen molar-refractivity contribution in [2.45, 2.75) is 71.2 Å². The van der Waals surface area contributed by atoms with Crippen LogP contribution in [0.2, 0.25) is 0 Å². The maximum Gasteiger partial charge on any atom is 0.407 e. The van der Waals surface area contributed by atoms with Crippen LogP contribution in [-0.4, -0.2) is 45.8 Å². The Balaban J connectivity index is 1.99. The van der Waals surface area contributed by atoms with Gasteiger partial charge in [0.2, 0.25) is 0 Å². The highest BCUT2D eigenvalue weighted by Gasteiger charge is 2.41. The molecule has 152 valence electrons. The predicted molar refractivity (Wildman–Crippen MR) is 107 cm³/mol. The molecule has 1 saturated heterocycles. The van der Waals surface area contributed by atoms with Crippen LogP contribution >= 0.6 is 22.6 Å². The summed E-state index contributed by atoms with van der Waals surface area (Å²) in [5, 5.41) is 2.69. The molecule has 0 radical (unpaired) electrons. The molecule has 0 spiro atoms. The zero-order valence-electron chi connectivity index (χ0n) is 16.1. The minimum atomic E-state index is -0.796. The average Bonchev–Trinajstić information content (AvgIpc) is 2.80. The van der Waals surface area contributed by atoms with Crippen LogP contribution in [0.1, 0.15) is 41.0 Å². The number of hydrogen-bond acceptors (Lipinski definition) is 6.